The number of amides is 1. The average molecular weight is 484 g/mol. The molecule has 172 valence electrons. The fourth-order valence-electron chi connectivity index (χ4n) is 3.39. The zero-order chi connectivity index (χ0) is 23.9. The van der Waals surface area contributed by atoms with Crippen molar-refractivity contribution in [2.75, 3.05) is 5.32 Å². The number of carbonyl (C=O) groups is 1. The van der Waals surface area contributed by atoms with Crippen LogP contribution in [-0.4, -0.2) is 30.4 Å². The van der Waals surface area contributed by atoms with E-state index in [1.807, 2.05) is 0 Å². The summed E-state index contributed by atoms with van der Waals surface area (Å²) in [5.41, 5.74) is 0.152. The van der Waals surface area contributed by atoms with Gasteiger partial charge in [-0.25, -0.2) is 19.9 Å². The molecule has 5 rings (SSSR count). The van der Waals surface area contributed by atoms with E-state index in [4.69, 9.17) is 4.42 Å². The van der Waals surface area contributed by atoms with Crippen molar-refractivity contribution in [2.45, 2.75) is 19.6 Å². The molecule has 0 aliphatic rings. The van der Waals surface area contributed by atoms with Crippen LogP contribution in [0.3, 0.4) is 0 Å². The topological polar surface area (TPSA) is 98.7 Å². The van der Waals surface area contributed by atoms with Crippen LogP contribution >= 0.6 is 11.3 Å². The first kappa shape index (κ1) is 21.8. The number of rotatable bonds is 5. The Morgan fingerprint density at radius 3 is 2.65 bits per heavy atom. The van der Waals surface area contributed by atoms with Crippen LogP contribution < -0.4 is 5.32 Å². The van der Waals surface area contributed by atoms with E-state index in [2.05, 4.69) is 25.3 Å². The number of alkyl halides is 3. The maximum atomic E-state index is 13.2. The van der Waals surface area contributed by atoms with Gasteiger partial charge in [-0.1, -0.05) is 0 Å². The number of halogens is 3. The van der Waals surface area contributed by atoms with Crippen LogP contribution in [0.15, 0.2) is 59.5 Å². The molecule has 1 aromatic carbocycles. The zero-order valence-electron chi connectivity index (χ0n) is 17.5. The summed E-state index contributed by atoms with van der Waals surface area (Å²) in [4.78, 5) is 30.4. The molecule has 8 nitrogen and oxygen atoms in total. The zero-order valence-corrected chi connectivity index (χ0v) is 18.3. The van der Waals surface area contributed by atoms with Crippen molar-refractivity contribution >= 4 is 34.2 Å². The molecule has 0 fully saturated rings. The molecular weight excluding hydrogens is 469 g/mol. The van der Waals surface area contributed by atoms with Gasteiger partial charge in [0.15, 0.2) is 10.8 Å². The molecule has 4 aromatic heterocycles. The maximum Gasteiger partial charge on any atom is 0.416 e. The molecule has 0 saturated heterocycles. The van der Waals surface area contributed by atoms with E-state index in [1.165, 1.54) is 12.3 Å². The molecule has 0 unspecified atom stereocenters. The van der Waals surface area contributed by atoms with Gasteiger partial charge < -0.3 is 8.98 Å². The molecule has 12 heteroatoms. The summed E-state index contributed by atoms with van der Waals surface area (Å²) in [7, 11) is 0. The molecule has 0 atom stereocenters. The minimum absolute atomic E-state index is 0.0843. The number of benzene rings is 1. The van der Waals surface area contributed by atoms with Gasteiger partial charge in [-0.3, -0.25) is 10.1 Å². The Bertz CT molecular complexity index is 1480. The maximum absolute atomic E-state index is 13.2. The van der Waals surface area contributed by atoms with Crippen LogP contribution in [0.2, 0.25) is 0 Å². The third kappa shape index (κ3) is 4.15. The summed E-state index contributed by atoms with van der Waals surface area (Å²) in [5, 5.41) is 3.19. The minimum Gasteiger partial charge on any atom is -0.467 e. The van der Waals surface area contributed by atoms with Crippen LogP contribution in [0.5, 0.6) is 0 Å². The average Bonchev–Trinajstić information content (AvgIpc) is 3.53. The Kier molecular flexibility index (Phi) is 5.36. The predicted octanol–water partition coefficient (Wildman–Crippen LogP) is 5.17. The Balaban J connectivity index is 1.52. The SMILES string of the molecule is Cc1nc(-c2ncccn2)sc1C(=O)Nc1nc2cc(C(F)(F)F)ccc2n1Cc1ccco1. The van der Waals surface area contributed by atoms with E-state index in [-0.39, 0.29) is 18.0 Å². The van der Waals surface area contributed by atoms with E-state index in [1.54, 1.807) is 42.1 Å². The Morgan fingerprint density at radius 2 is 1.94 bits per heavy atom. The number of aromatic nitrogens is 5. The lowest BCUT2D eigenvalue weighted by molar-refractivity contribution is -0.137. The van der Waals surface area contributed by atoms with E-state index in [9.17, 15) is 18.0 Å². The molecular formula is C22H15F3N6O2S. The Labute approximate surface area is 194 Å². The third-order valence-corrected chi connectivity index (χ3v) is 6.11. The second-order valence-corrected chi connectivity index (χ2v) is 8.26. The number of nitrogens with zero attached hydrogens (tertiary/aromatic N) is 5. The number of hydrogen-bond acceptors (Lipinski definition) is 7. The largest absolute Gasteiger partial charge is 0.467 e. The van der Waals surface area contributed by atoms with Gasteiger partial charge in [-0.15, -0.1) is 11.3 Å². The molecule has 0 bridgehead atoms. The summed E-state index contributed by atoms with van der Waals surface area (Å²) >= 11 is 1.11. The highest BCUT2D eigenvalue weighted by Crippen LogP contribution is 2.33. The number of nitrogens with one attached hydrogen (secondary N) is 1. The van der Waals surface area contributed by atoms with Crippen molar-refractivity contribution in [1.29, 1.82) is 0 Å². The number of aryl methyl sites for hydroxylation is 1. The van der Waals surface area contributed by atoms with Gasteiger partial charge in [-0.2, -0.15) is 13.2 Å². The van der Waals surface area contributed by atoms with Crippen molar-refractivity contribution in [3.63, 3.8) is 0 Å². The molecule has 1 amide bonds. The summed E-state index contributed by atoms with van der Waals surface area (Å²) in [5.74, 6) is 0.525. The van der Waals surface area contributed by atoms with Gasteiger partial charge in [0.2, 0.25) is 5.95 Å². The highest BCUT2D eigenvalue weighted by molar-refractivity contribution is 7.17. The van der Waals surface area contributed by atoms with Crippen molar-refractivity contribution in [1.82, 2.24) is 24.5 Å². The van der Waals surface area contributed by atoms with Crippen molar-refractivity contribution in [3.05, 3.63) is 76.9 Å². The van der Waals surface area contributed by atoms with Gasteiger partial charge in [0, 0.05) is 12.4 Å². The Hall–Kier alpha value is -4.06. The lowest BCUT2D eigenvalue weighted by atomic mass is 10.2. The van der Waals surface area contributed by atoms with Gasteiger partial charge >= 0.3 is 6.18 Å². The molecule has 0 aliphatic heterocycles. The van der Waals surface area contributed by atoms with Crippen LogP contribution in [0.1, 0.15) is 26.7 Å². The number of carbonyl (C=O) groups excluding carboxylic acids is 1. The highest BCUT2D eigenvalue weighted by Gasteiger charge is 2.31. The smallest absolute Gasteiger partial charge is 0.416 e. The quantitative estimate of drug-likeness (QED) is 0.370. The normalized spacial score (nSPS) is 11.8. The summed E-state index contributed by atoms with van der Waals surface area (Å²) in [6.45, 7) is 1.84. The van der Waals surface area contributed by atoms with Crippen LogP contribution in [0.25, 0.3) is 21.9 Å². The second kappa shape index (κ2) is 8.37. The summed E-state index contributed by atoms with van der Waals surface area (Å²) in [6, 6.07) is 8.35. The molecule has 5 aromatic rings. The molecule has 0 radical (unpaired) electrons. The molecule has 0 spiro atoms. The monoisotopic (exact) mass is 484 g/mol. The van der Waals surface area contributed by atoms with Crippen LogP contribution in [0.4, 0.5) is 19.1 Å². The van der Waals surface area contributed by atoms with E-state index in [0.29, 0.717) is 32.7 Å². The summed E-state index contributed by atoms with van der Waals surface area (Å²) in [6.07, 6.45) is 0.121. The number of anilines is 1. The van der Waals surface area contributed by atoms with Gasteiger partial charge in [0.05, 0.1) is 35.1 Å². The molecule has 4 heterocycles. The van der Waals surface area contributed by atoms with Gasteiger partial charge in [-0.05, 0) is 43.3 Å². The first-order chi connectivity index (χ1) is 16.3. The molecule has 0 aliphatic carbocycles. The first-order valence-corrected chi connectivity index (χ1v) is 10.8. The minimum atomic E-state index is -4.52. The first-order valence-electron chi connectivity index (χ1n) is 9.95. The van der Waals surface area contributed by atoms with E-state index in [0.717, 1.165) is 23.5 Å². The molecule has 1 N–H and O–H groups in total. The molecule has 0 saturated carbocycles. The standard InChI is InChI=1S/C22H15F3N6O2S/c1-12-17(34-20(28-12)18-26-7-3-8-27-18)19(32)30-21-29-15-10-13(22(23,24)25)5-6-16(15)31(21)11-14-4-2-9-33-14/h2-10H,11H2,1H3,(H,29,30,32). The fourth-order valence-corrected chi connectivity index (χ4v) is 4.30. The fraction of sp³-hybridized carbons (Fsp3) is 0.136. The third-order valence-electron chi connectivity index (χ3n) is 4.95. The lowest BCUT2D eigenvalue weighted by Gasteiger charge is -2.09. The number of imidazole rings is 1. The Morgan fingerprint density at radius 1 is 1.15 bits per heavy atom. The van der Waals surface area contributed by atoms with Gasteiger partial charge in [0.1, 0.15) is 10.6 Å². The number of fused-ring (bicyclic) bond motifs is 1. The second-order valence-electron chi connectivity index (χ2n) is 7.26. The van der Waals surface area contributed by atoms with Gasteiger partial charge in [0.25, 0.3) is 5.91 Å². The lowest BCUT2D eigenvalue weighted by Crippen LogP contribution is -2.16. The number of thiazole rings is 1. The van der Waals surface area contributed by atoms with Crippen molar-refractivity contribution in [3.8, 4) is 10.8 Å². The van der Waals surface area contributed by atoms with E-state index >= 15 is 0 Å². The number of hydrogen-bond donors (Lipinski definition) is 1. The predicted molar refractivity (Wildman–Crippen MR) is 118 cm³/mol. The van der Waals surface area contributed by atoms with Crippen LogP contribution in [0, 0.1) is 6.92 Å². The molecule has 34 heavy (non-hydrogen) atoms. The van der Waals surface area contributed by atoms with Crippen LogP contribution in [-0.2, 0) is 12.7 Å². The summed E-state index contributed by atoms with van der Waals surface area (Å²) < 4.78 is 46.6. The van der Waals surface area contributed by atoms with Crippen molar-refractivity contribution < 1.29 is 22.4 Å². The number of furan rings is 1. The van der Waals surface area contributed by atoms with Crippen molar-refractivity contribution in [2.24, 2.45) is 0 Å². The van der Waals surface area contributed by atoms with E-state index < -0.39 is 17.6 Å². The highest BCUT2D eigenvalue weighted by atomic mass is 32.1.